The van der Waals surface area contributed by atoms with Gasteiger partial charge >= 0.3 is 22.6 Å². The molecule has 4 fully saturated rings. The Hall–Kier alpha value is -8.82. The average molecular weight is 1380 g/mol. The first-order valence-electron chi connectivity index (χ1n) is 33.4. The highest BCUT2D eigenvalue weighted by Crippen LogP contribution is 2.58. The molecule has 13 nitrogen and oxygen atoms in total. The minimum atomic E-state index is -4.15. The Morgan fingerprint density at radius 2 is 0.495 bits per heavy atom. The second-order valence-electron chi connectivity index (χ2n) is 25.3. The van der Waals surface area contributed by atoms with E-state index in [0.29, 0.717) is 63.4 Å². The molecule has 0 saturated heterocycles. The van der Waals surface area contributed by atoms with Gasteiger partial charge in [0, 0.05) is 22.1 Å². The molecule has 4 aliphatic rings. The molecule has 0 aromatic heterocycles. The normalized spacial score (nSPS) is 18.6. The summed E-state index contributed by atoms with van der Waals surface area (Å²) in [5.41, 5.74) is 4.59. The number of fused-ring (bicyclic) bond motifs is 2. The van der Waals surface area contributed by atoms with Crippen molar-refractivity contribution in [3.63, 3.8) is 0 Å². The van der Waals surface area contributed by atoms with E-state index in [1.807, 2.05) is 84.9 Å². The number of hydrogen-bond acceptors (Lipinski definition) is 13. The van der Waals surface area contributed by atoms with Crippen LogP contribution < -0.4 is 36.2 Å². The van der Waals surface area contributed by atoms with Gasteiger partial charge in [-0.1, -0.05) is 209 Å². The van der Waals surface area contributed by atoms with Gasteiger partial charge in [-0.15, -0.1) is 0 Å². The zero-order valence-electron chi connectivity index (χ0n) is 53.9. The highest BCUT2D eigenvalue weighted by Gasteiger charge is 2.46. The summed E-state index contributed by atoms with van der Waals surface area (Å²) >= 11 is 5.72. The summed E-state index contributed by atoms with van der Waals surface area (Å²) in [6.45, 7) is -3.66. The highest BCUT2D eigenvalue weighted by atomic mass is 35.7. The fraction of sp³-hybridized carbons (Fsp3) is 0.250. The minimum absolute atomic E-state index is 0.0138. The van der Waals surface area contributed by atoms with E-state index in [4.69, 9.17) is 47.4 Å². The van der Waals surface area contributed by atoms with E-state index in [1.165, 1.54) is 75.3 Å². The number of phosphoric acid groups is 2. The van der Waals surface area contributed by atoms with Gasteiger partial charge in [0.1, 0.15) is 57.5 Å². The third-order valence-corrected chi connectivity index (χ3v) is 23.0. The topological polar surface area (TPSA) is 166 Å². The van der Waals surface area contributed by atoms with Crippen LogP contribution in [0.4, 0.5) is 0 Å². The van der Waals surface area contributed by atoms with Crippen LogP contribution in [0.5, 0.6) is 57.5 Å². The van der Waals surface area contributed by atoms with Gasteiger partial charge in [0.25, 0.3) is 0 Å². The number of phenols is 2. The van der Waals surface area contributed by atoms with Crippen molar-refractivity contribution in [3.05, 3.63) is 301 Å². The van der Waals surface area contributed by atoms with Gasteiger partial charge in [-0.25, -0.2) is 4.57 Å². The first-order valence-corrected chi connectivity index (χ1v) is 38.7. The molecule has 0 aliphatic heterocycles. The van der Waals surface area contributed by atoms with Gasteiger partial charge < -0.3 is 46.4 Å². The SMILES string of the molecule is O=P(Cl)(Oc1ccccc1)Oc1ccccc1.O=P(Oc1ccccc1)(Oc1ccccc1)Oc1ccc(C2(c3ccc(OP(=O)(Oc4ccccc4)Oc4ccccc4)cc3)CCC3CCCCC3C2)cc1.Oc1ccc(C2(c3ccc(O)cc3)CCC3CCCCC3C2)cc1. The van der Waals surface area contributed by atoms with E-state index in [9.17, 15) is 23.9 Å². The van der Waals surface area contributed by atoms with Crippen molar-refractivity contribution in [1.82, 2.24) is 0 Å². The number of phosphoric ester groups is 2. The van der Waals surface area contributed by atoms with Crippen molar-refractivity contribution >= 4 is 33.8 Å². The molecule has 0 bridgehead atoms. The molecule has 0 spiro atoms. The molecule has 4 atom stereocenters. The molecule has 0 amide bonds. The van der Waals surface area contributed by atoms with Gasteiger partial charge in [0.15, 0.2) is 0 Å². The van der Waals surface area contributed by atoms with Gasteiger partial charge in [-0.2, -0.15) is 9.13 Å². The predicted molar refractivity (Wildman–Crippen MR) is 382 cm³/mol. The summed E-state index contributed by atoms with van der Waals surface area (Å²) in [6.07, 6.45) is 17.2. The number of hydrogen-bond donors (Lipinski definition) is 2. The lowest BCUT2D eigenvalue weighted by Crippen LogP contribution is -2.39. The first-order chi connectivity index (χ1) is 47.2. The maximum Gasteiger partial charge on any atom is 0.647 e. The second-order valence-corrected chi connectivity index (χ2v) is 30.7. The molecule has 14 rings (SSSR count). The van der Waals surface area contributed by atoms with Crippen LogP contribution >= 0.6 is 33.8 Å². The summed E-state index contributed by atoms with van der Waals surface area (Å²) in [4.78, 5) is 0. The van der Waals surface area contributed by atoms with E-state index in [1.54, 1.807) is 146 Å². The van der Waals surface area contributed by atoms with Crippen LogP contribution in [-0.2, 0) is 24.5 Å². The Bertz CT molecular complexity index is 3890. The molecule has 0 heterocycles. The standard InChI is InChI=1S/C46H44O8P2.C22H26O2.C12H10ClO3P/c47-55(49-40-17-5-1-6-18-40,50-41-19-7-2-8-20-41)53-44-29-25-38(26-30-44)46(34-33-36-15-13-14-16-37(36)35-46)39-27-31-45(32-28-39)54-56(48,51-42-21-9-3-10-22-42)52-43-23-11-4-12-24-43;23-20-9-5-18(6-10-20)22(19-7-11-21(24)12-8-19)14-13-16-3-1-2-4-17(16)15-22;13-17(14,15-11-7-3-1-4-8-11)16-12-9-5-2-6-10-12/h1-12,17-32,36-37H,13-16,33-35H2;5-12,16-17,23-24H,1-4,13-15H2;1-10H. The maximum atomic E-state index is 14.2. The Morgan fingerprint density at radius 1 is 0.278 bits per heavy atom. The van der Waals surface area contributed by atoms with E-state index < -0.39 is 22.6 Å². The predicted octanol–water partition coefficient (Wildman–Crippen LogP) is 23.1. The number of phenolic OH excluding ortho intramolecular Hbond substituents is 2. The summed E-state index contributed by atoms with van der Waals surface area (Å²) in [5.74, 6) is 6.67. The summed E-state index contributed by atoms with van der Waals surface area (Å²) in [5, 5.41) is 19.4. The Labute approximate surface area is 573 Å². The van der Waals surface area contributed by atoms with Crippen LogP contribution in [0, 0.1) is 23.7 Å². The van der Waals surface area contributed by atoms with Crippen molar-refractivity contribution in [2.24, 2.45) is 23.7 Å². The lowest BCUT2D eigenvalue weighted by atomic mass is 9.57. The van der Waals surface area contributed by atoms with E-state index in [2.05, 4.69) is 48.5 Å². The molecule has 10 aromatic rings. The minimum Gasteiger partial charge on any atom is -0.508 e. The quantitative estimate of drug-likeness (QED) is 0.0693. The van der Waals surface area contributed by atoms with Crippen LogP contribution in [0.1, 0.15) is 112 Å². The van der Waals surface area contributed by atoms with E-state index >= 15 is 0 Å². The average Bonchev–Trinajstić information content (AvgIpc) is 0.784. The Kier molecular flexibility index (Phi) is 22.2. The highest BCUT2D eigenvalue weighted by molar-refractivity contribution is 7.82. The van der Waals surface area contributed by atoms with Crippen LogP contribution in [0.2, 0.25) is 0 Å². The largest absolute Gasteiger partial charge is 0.647 e. The maximum absolute atomic E-state index is 14.2. The lowest BCUT2D eigenvalue weighted by molar-refractivity contribution is 0.125. The smallest absolute Gasteiger partial charge is 0.508 e. The number of aromatic hydroxyl groups is 2. The van der Waals surface area contributed by atoms with Gasteiger partial charge in [0.2, 0.25) is 0 Å². The van der Waals surface area contributed by atoms with Crippen LogP contribution in [0.25, 0.3) is 0 Å². The zero-order chi connectivity index (χ0) is 67.0. The molecule has 500 valence electrons. The van der Waals surface area contributed by atoms with Crippen molar-refractivity contribution < 1.29 is 60.1 Å². The molecule has 0 radical (unpaired) electrons. The molecule has 17 heteroatoms. The van der Waals surface area contributed by atoms with Crippen LogP contribution in [-0.4, -0.2) is 10.2 Å². The summed E-state index contributed by atoms with van der Waals surface area (Å²) in [7, 11) is -8.30. The van der Waals surface area contributed by atoms with E-state index in [0.717, 1.165) is 54.6 Å². The molecule has 10 aromatic carbocycles. The van der Waals surface area contributed by atoms with Crippen molar-refractivity contribution in [2.75, 3.05) is 0 Å². The van der Waals surface area contributed by atoms with Crippen molar-refractivity contribution in [2.45, 2.75) is 101 Å². The van der Waals surface area contributed by atoms with Crippen molar-refractivity contribution in [3.8, 4) is 57.5 Å². The van der Waals surface area contributed by atoms with Gasteiger partial charge in [0.05, 0.1) is 0 Å². The molecule has 4 aliphatic carbocycles. The van der Waals surface area contributed by atoms with Gasteiger partial charge in [-0.05, 0) is 206 Å². The van der Waals surface area contributed by atoms with Crippen LogP contribution in [0.3, 0.4) is 0 Å². The number of rotatable bonds is 20. The summed E-state index contributed by atoms with van der Waals surface area (Å²) in [6, 6.07) is 84.0. The molecule has 2 N–H and O–H groups in total. The molecule has 4 unspecified atom stereocenters. The molecule has 97 heavy (non-hydrogen) atoms. The first kappa shape index (κ1) is 68.1. The third kappa shape index (κ3) is 18.1. The Morgan fingerprint density at radius 3 is 0.753 bits per heavy atom. The second kappa shape index (κ2) is 31.6. The monoisotopic (exact) mass is 1380 g/mol. The molecular weight excluding hydrogens is 1300 g/mol. The molecule has 4 saturated carbocycles. The fourth-order valence-corrected chi connectivity index (χ4v) is 18.3. The fourth-order valence-electron chi connectivity index (χ4n) is 14.5. The van der Waals surface area contributed by atoms with E-state index in [-0.39, 0.29) is 10.8 Å². The number of para-hydroxylation sites is 6. The number of halogens is 1. The molecular formula is C80H80ClO13P3. The zero-order valence-corrected chi connectivity index (χ0v) is 57.3. The summed E-state index contributed by atoms with van der Waals surface area (Å²) < 4.78 is 86.1. The van der Waals surface area contributed by atoms with Gasteiger partial charge in [-0.3, -0.25) is 0 Å². The van der Waals surface area contributed by atoms with Crippen molar-refractivity contribution in [1.29, 1.82) is 0 Å². The Balaban J connectivity index is 0.000000177. The number of benzene rings is 10. The third-order valence-electron chi connectivity index (χ3n) is 19.1. The van der Waals surface area contributed by atoms with Crippen LogP contribution in [0.15, 0.2) is 279 Å². The lowest BCUT2D eigenvalue weighted by Gasteiger charge is -2.47.